The maximum Gasteiger partial charge on any atom is 0.220 e. The lowest BCUT2D eigenvalue weighted by molar-refractivity contribution is -0.123. The average molecular weight is 630 g/mol. The zero-order valence-corrected chi connectivity index (χ0v) is 29.9. The Morgan fingerprint density at radius 1 is 0.511 bits per heavy atom. The van der Waals surface area contributed by atoms with Gasteiger partial charge < -0.3 is 15.5 Å². The van der Waals surface area contributed by atoms with Crippen LogP contribution in [0.15, 0.2) is 48.6 Å². The summed E-state index contributed by atoms with van der Waals surface area (Å²) in [6, 6.07) is -0.646. The van der Waals surface area contributed by atoms with E-state index in [1.54, 1.807) is 6.08 Å². The van der Waals surface area contributed by atoms with Gasteiger partial charge in [-0.25, -0.2) is 0 Å². The fourth-order valence-electron chi connectivity index (χ4n) is 5.50. The first kappa shape index (κ1) is 43.4. The van der Waals surface area contributed by atoms with Gasteiger partial charge in [-0.1, -0.05) is 159 Å². The topological polar surface area (TPSA) is 69.6 Å². The number of carbonyl (C=O) groups is 1. The molecule has 2 atom stereocenters. The normalized spacial score (nSPS) is 13.6. The summed E-state index contributed by atoms with van der Waals surface area (Å²) in [5.41, 5.74) is 0. The largest absolute Gasteiger partial charge is 0.394 e. The summed E-state index contributed by atoms with van der Waals surface area (Å²) in [5.74, 6) is -0.0854. The lowest BCUT2D eigenvalue weighted by Crippen LogP contribution is -2.45. The molecule has 2 unspecified atom stereocenters. The van der Waals surface area contributed by atoms with Crippen LogP contribution in [0, 0.1) is 0 Å². The van der Waals surface area contributed by atoms with Gasteiger partial charge in [-0.2, -0.15) is 0 Å². The Morgan fingerprint density at radius 2 is 0.867 bits per heavy atom. The van der Waals surface area contributed by atoms with E-state index < -0.39 is 12.1 Å². The molecule has 0 aliphatic heterocycles. The van der Waals surface area contributed by atoms with Crippen LogP contribution in [-0.4, -0.2) is 34.9 Å². The van der Waals surface area contributed by atoms with Gasteiger partial charge in [-0.3, -0.25) is 4.79 Å². The van der Waals surface area contributed by atoms with Gasteiger partial charge in [0.1, 0.15) is 0 Å². The van der Waals surface area contributed by atoms with Gasteiger partial charge in [0.25, 0.3) is 0 Å². The van der Waals surface area contributed by atoms with Crippen LogP contribution in [0.1, 0.15) is 187 Å². The number of unbranched alkanes of at least 4 members (excludes halogenated alkanes) is 21. The molecule has 0 rings (SSSR count). The molecule has 0 saturated carbocycles. The second-order valence-electron chi connectivity index (χ2n) is 13.0. The first-order chi connectivity index (χ1) is 22.2. The number of hydrogen-bond acceptors (Lipinski definition) is 3. The second-order valence-corrected chi connectivity index (χ2v) is 13.0. The van der Waals surface area contributed by atoms with Gasteiger partial charge in [0, 0.05) is 6.42 Å². The Balaban J connectivity index is 3.71. The molecule has 0 saturated heterocycles. The Morgan fingerprint density at radius 3 is 1.31 bits per heavy atom. The zero-order valence-electron chi connectivity index (χ0n) is 29.9. The van der Waals surface area contributed by atoms with Gasteiger partial charge >= 0.3 is 0 Å². The lowest BCUT2D eigenvalue weighted by Gasteiger charge is -2.19. The fraction of sp³-hybridized carbons (Fsp3) is 0.780. The summed E-state index contributed by atoms with van der Waals surface area (Å²) < 4.78 is 0. The van der Waals surface area contributed by atoms with E-state index >= 15 is 0 Å². The van der Waals surface area contributed by atoms with Crippen LogP contribution >= 0.6 is 0 Å². The summed E-state index contributed by atoms with van der Waals surface area (Å²) in [7, 11) is 0. The number of allylic oxidation sites excluding steroid dienone is 7. The molecular weight excluding hydrogens is 554 g/mol. The van der Waals surface area contributed by atoms with Crippen molar-refractivity contribution in [1.29, 1.82) is 0 Å². The molecule has 0 aromatic carbocycles. The Bertz CT molecular complexity index is 726. The summed E-state index contributed by atoms with van der Waals surface area (Å²) in [6.45, 7) is 4.26. The number of rotatable bonds is 34. The van der Waals surface area contributed by atoms with Crippen LogP contribution < -0.4 is 5.32 Å². The van der Waals surface area contributed by atoms with E-state index in [0.717, 1.165) is 38.5 Å². The van der Waals surface area contributed by atoms with Crippen LogP contribution in [-0.2, 0) is 4.79 Å². The van der Waals surface area contributed by atoms with Crippen molar-refractivity contribution in [3.05, 3.63) is 48.6 Å². The molecule has 0 aliphatic carbocycles. The van der Waals surface area contributed by atoms with Crippen molar-refractivity contribution < 1.29 is 15.0 Å². The molecule has 45 heavy (non-hydrogen) atoms. The Labute approximate surface area is 280 Å². The minimum atomic E-state index is -0.870. The molecule has 0 aromatic rings. The van der Waals surface area contributed by atoms with Crippen molar-refractivity contribution in [1.82, 2.24) is 5.32 Å². The van der Waals surface area contributed by atoms with E-state index in [1.165, 1.54) is 128 Å². The first-order valence-electron chi connectivity index (χ1n) is 19.4. The summed E-state index contributed by atoms with van der Waals surface area (Å²) >= 11 is 0. The van der Waals surface area contributed by atoms with E-state index in [0.29, 0.717) is 6.42 Å². The summed E-state index contributed by atoms with van der Waals surface area (Å²) in [4.78, 5) is 12.3. The molecule has 0 bridgehead atoms. The zero-order chi connectivity index (χ0) is 32.9. The van der Waals surface area contributed by atoms with Gasteiger partial charge in [-0.05, 0) is 70.6 Å². The predicted octanol–water partition coefficient (Wildman–Crippen LogP) is 11.6. The molecule has 4 heteroatoms. The van der Waals surface area contributed by atoms with Crippen LogP contribution in [0.5, 0.6) is 0 Å². The van der Waals surface area contributed by atoms with Crippen molar-refractivity contribution in [2.45, 2.75) is 199 Å². The number of hydrogen-bond donors (Lipinski definition) is 3. The van der Waals surface area contributed by atoms with Gasteiger partial charge in [-0.15, -0.1) is 0 Å². The molecule has 262 valence electrons. The second kappa shape index (κ2) is 36.8. The third kappa shape index (κ3) is 33.5. The fourth-order valence-corrected chi connectivity index (χ4v) is 5.50. The smallest absolute Gasteiger partial charge is 0.220 e. The van der Waals surface area contributed by atoms with Crippen molar-refractivity contribution in [2.75, 3.05) is 6.61 Å². The van der Waals surface area contributed by atoms with E-state index in [4.69, 9.17) is 0 Å². The van der Waals surface area contributed by atoms with E-state index in [1.807, 2.05) is 6.08 Å². The van der Waals surface area contributed by atoms with Crippen LogP contribution in [0.3, 0.4) is 0 Å². The van der Waals surface area contributed by atoms with Crippen LogP contribution in [0.2, 0.25) is 0 Å². The van der Waals surface area contributed by atoms with Crippen molar-refractivity contribution in [3.8, 4) is 0 Å². The minimum absolute atomic E-state index is 0.0854. The van der Waals surface area contributed by atoms with Crippen molar-refractivity contribution in [3.63, 3.8) is 0 Å². The Kier molecular flexibility index (Phi) is 35.5. The highest BCUT2D eigenvalue weighted by atomic mass is 16.3. The average Bonchev–Trinajstić information content (AvgIpc) is 3.04. The molecule has 0 fully saturated rings. The summed E-state index contributed by atoms with van der Waals surface area (Å²) in [6.07, 6.45) is 49.1. The SMILES string of the molecule is CCCCCC/C=C\CCCCCCCCCC(=O)NC(CO)C(O)/C=C/CC/C=C/CC/C=C/CCCCCCCCCC. The standard InChI is InChI=1S/C41H75NO3/c1-3-5-7-9-11-13-15-17-19-20-21-23-24-26-28-30-32-34-36-40(44)39(38-43)42-41(45)37-35-33-31-29-27-25-22-18-16-14-12-10-8-6-4-2/h14,16,20-21,26,28,34,36,39-40,43-44H,3-13,15,17-19,22-25,27,29-33,35,37-38H2,1-2H3,(H,42,45)/b16-14-,21-20+,28-26+,36-34+. The molecular formula is C41H75NO3. The first-order valence-corrected chi connectivity index (χ1v) is 19.4. The molecule has 0 aromatic heterocycles. The van der Waals surface area contributed by atoms with E-state index in [9.17, 15) is 15.0 Å². The lowest BCUT2D eigenvalue weighted by atomic mass is 10.1. The number of aliphatic hydroxyl groups excluding tert-OH is 2. The number of nitrogens with one attached hydrogen (secondary N) is 1. The predicted molar refractivity (Wildman–Crippen MR) is 198 cm³/mol. The monoisotopic (exact) mass is 630 g/mol. The van der Waals surface area contributed by atoms with Gasteiger partial charge in [0.05, 0.1) is 18.8 Å². The molecule has 0 radical (unpaired) electrons. The molecule has 0 spiro atoms. The van der Waals surface area contributed by atoms with Gasteiger partial charge in [0.15, 0.2) is 0 Å². The highest BCUT2D eigenvalue weighted by Crippen LogP contribution is 2.12. The van der Waals surface area contributed by atoms with Crippen LogP contribution in [0.4, 0.5) is 0 Å². The van der Waals surface area contributed by atoms with Gasteiger partial charge in [0.2, 0.25) is 5.91 Å². The quantitative estimate of drug-likeness (QED) is 0.0490. The van der Waals surface area contributed by atoms with Crippen LogP contribution in [0.25, 0.3) is 0 Å². The maximum absolute atomic E-state index is 12.3. The molecule has 1 amide bonds. The molecule has 0 heterocycles. The number of aliphatic hydroxyl groups is 2. The highest BCUT2D eigenvalue weighted by Gasteiger charge is 2.17. The number of carbonyl (C=O) groups excluding carboxylic acids is 1. The maximum atomic E-state index is 12.3. The third-order valence-corrected chi connectivity index (χ3v) is 8.51. The highest BCUT2D eigenvalue weighted by molar-refractivity contribution is 5.76. The molecule has 3 N–H and O–H groups in total. The molecule has 4 nitrogen and oxygen atoms in total. The van der Waals surface area contributed by atoms with E-state index in [-0.39, 0.29) is 12.5 Å². The van der Waals surface area contributed by atoms with Crippen molar-refractivity contribution in [2.24, 2.45) is 0 Å². The van der Waals surface area contributed by atoms with Crippen molar-refractivity contribution >= 4 is 5.91 Å². The molecule has 0 aliphatic rings. The third-order valence-electron chi connectivity index (χ3n) is 8.51. The number of amides is 1. The minimum Gasteiger partial charge on any atom is -0.394 e. The summed E-state index contributed by atoms with van der Waals surface area (Å²) in [5, 5.41) is 22.9. The Hall–Kier alpha value is -1.65. The van der Waals surface area contributed by atoms with E-state index in [2.05, 4.69) is 55.6 Å².